The average Bonchev–Trinajstić information content (AvgIpc) is 3.44. The maximum absolute atomic E-state index is 12.1. The number of benzene rings is 1. The third kappa shape index (κ3) is 3.46. The van der Waals surface area contributed by atoms with E-state index in [9.17, 15) is 13.2 Å². The second kappa shape index (κ2) is 7.28. The van der Waals surface area contributed by atoms with Gasteiger partial charge in [0.1, 0.15) is 5.52 Å². The summed E-state index contributed by atoms with van der Waals surface area (Å²) in [5, 5.41) is 11.7. The van der Waals surface area contributed by atoms with Gasteiger partial charge in [-0.3, -0.25) is 4.79 Å². The molecule has 1 aromatic carbocycles. The number of nitrogens with one attached hydrogen (secondary N) is 3. The monoisotopic (exact) mass is 454 g/mol. The minimum absolute atomic E-state index is 0.0137. The van der Waals surface area contributed by atoms with E-state index in [1.807, 2.05) is 0 Å². The molecule has 4 atom stereocenters. The number of fused-ring (bicyclic) bond motifs is 3. The van der Waals surface area contributed by atoms with Gasteiger partial charge >= 0.3 is 0 Å². The molecular weight excluding hydrogens is 432 g/mol. The molecule has 166 valence electrons. The van der Waals surface area contributed by atoms with Gasteiger partial charge in [0.15, 0.2) is 11.5 Å². The number of aryl methyl sites for hydroxylation is 1. The highest BCUT2D eigenvalue weighted by atomic mass is 32.2. The Labute approximate surface area is 183 Å². The molecule has 2 heterocycles. The summed E-state index contributed by atoms with van der Waals surface area (Å²) < 4.78 is 23.7. The largest absolute Gasteiger partial charge is 0.369 e. The molecule has 3 aromatic rings. The summed E-state index contributed by atoms with van der Waals surface area (Å²) in [4.78, 5) is 28.3. The smallest absolute Gasteiger partial charge is 0.238 e. The number of carbonyl (C=O) groups excluding carboxylic acids is 1. The minimum Gasteiger partial charge on any atom is -0.369 e. The van der Waals surface area contributed by atoms with Gasteiger partial charge in [-0.25, -0.2) is 18.5 Å². The van der Waals surface area contributed by atoms with E-state index in [1.165, 1.54) is 12.4 Å². The lowest BCUT2D eigenvalue weighted by molar-refractivity contribution is -0.122. The number of nitrogens with zero attached hydrogens (tertiary/aromatic N) is 3. The molecule has 2 aliphatic carbocycles. The molecule has 0 unspecified atom stereocenters. The predicted octanol–water partition coefficient (Wildman–Crippen LogP) is 1.14. The molecule has 0 radical (unpaired) electrons. The highest BCUT2D eigenvalue weighted by Gasteiger charge is 2.47. The molecule has 0 aliphatic heterocycles. The number of H-pyrrole nitrogens is 1. The van der Waals surface area contributed by atoms with E-state index in [2.05, 4.69) is 42.7 Å². The summed E-state index contributed by atoms with van der Waals surface area (Å²) in [6, 6.07) is 4.59. The first-order valence-electron chi connectivity index (χ1n) is 10.1. The number of amides is 1. The third-order valence-corrected chi connectivity index (χ3v) is 7.18. The van der Waals surface area contributed by atoms with Crippen LogP contribution in [0.3, 0.4) is 0 Å². The van der Waals surface area contributed by atoms with Gasteiger partial charge in [0.2, 0.25) is 21.9 Å². The first-order chi connectivity index (χ1) is 15.2. The Kier molecular flexibility index (Phi) is 4.64. The second-order valence-electron chi connectivity index (χ2n) is 8.19. The van der Waals surface area contributed by atoms with Gasteiger partial charge in [0, 0.05) is 11.7 Å². The number of aromatic amines is 1. The SMILES string of the molecule is Cc1ccc(Nc2nc(N[C@H]3[C@@H](C(N)=O)[C@H]4C=C[C@H]3C4)c3[nH]cnc3n2)cc1S(N)(=O)=O. The molecular formula is C20H22N8O3S. The van der Waals surface area contributed by atoms with Gasteiger partial charge in [-0.05, 0) is 42.9 Å². The van der Waals surface area contributed by atoms with E-state index in [0.717, 1.165) is 6.42 Å². The number of anilines is 3. The maximum atomic E-state index is 12.1. The fraction of sp³-hybridized carbons (Fsp3) is 0.300. The number of primary sulfonamides is 1. The zero-order valence-corrected chi connectivity index (χ0v) is 17.9. The number of primary amides is 1. The number of sulfonamides is 1. The van der Waals surface area contributed by atoms with Crippen LogP contribution in [0.5, 0.6) is 0 Å². The predicted molar refractivity (Wildman–Crippen MR) is 118 cm³/mol. The average molecular weight is 455 g/mol. The van der Waals surface area contributed by atoms with E-state index in [4.69, 9.17) is 10.9 Å². The Morgan fingerprint density at radius 1 is 1.22 bits per heavy atom. The lowest BCUT2D eigenvalue weighted by Crippen LogP contribution is -2.41. The van der Waals surface area contributed by atoms with Crippen LogP contribution in [0.4, 0.5) is 17.5 Å². The van der Waals surface area contributed by atoms with Crippen LogP contribution in [0.15, 0.2) is 41.6 Å². The van der Waals surface area contributed by atoms with Crippen molar-refractivity contribution >= 4 is 44.5 Å². The van der Waals surface area contributed by atoms with E-state index < -0.39 is 10.0 Å². The van der Waals surface area contributed by atoms with Crippen LogP contribution in [0, 0.1) is 24.7 Å². The molecule has 5 rings (SSSR count). The lowest BCUT2D eigenvalue weighted by Gasteiger charge is -2.27. The summed E-state index contributed by atoms with van der Waals surface area (Å²) in [5.74, 6) is 0.315. The summed E-state index contributed by atoms with van der Waals surface area (Å²) in [6.07, 6.45) is 6.53. The van der Waals surface area contributed by atoms with Crippen LogP contribution < -0.4 is 21.5 Å². The molecule has 12 heteroatoms. The number of carbonyl (C=O) groups is 1. The van der Waals surface area contributed by atoms with Crippen molar-refractivity contribution < 1.29 is 13.2 Å². The van der Waals surface area contributed by atoms with E-state index in [0.29, 0.717) is 28.2 Å². The van der Waals surface area contributed by atoms with Crippen molar-refractivity contribution in [1.29, 1.82) is 0 Å². The standard InChI is InChI=1S/C20H22N8O3S/c1-9-2-5-12(7-13(9)32(22,30)31)25-20-27-18-16(23-8-24-18)19(28-20)26-15-11-4-3-10(6-11)14(15)17(21)29/h2-5,7-8,10-11,14-15H,6H2,1H3,(H2,21,29)(H2,22,30,31)(H3,23,24,25,26,27,28)/t10-,11-,14-,15+/m0/s1. The van der Waals surface area contributed by atoms with Crippen molar-refractivity contribution in [3.8, 4) is 0 Å². The van der Waals surface area contributed by atoms with E-state index in [1.54, 1.807) is 19.1 Å². The first-order valence-corrected chi connectivity index (χ1v) is 11.6. The molecule has 32 heavy (non-hydrogen) atoms. The molecule has 2 aliphatic rings. The molecule has 7 N–H and O–H groups in total. The lowest BCUT2D eigenvalue weighted by atomic mass is 9.88. The Bertz CT molecular complexity index is 1370. The van der Waals surface area contributed by atoms with Gasteiger partial charge in [0.05, 0.1) is 17.1 Å². The molecule has 1 fully saturated rings. The molecule has 0 spiro atoms. The minimum atomic E-state index is -3.88. The molecule has 0 saturated heterocycles. The van der Waals surface area contributed by atoms with Gasteiger partial charge < -0.3 is 21.4 Å². The zero-order valence-electron chi connectivity index (χ0n) is 17.1. The number of imidazole rings is 1. The van der Waals surface area contributed by atoms with Crippen LogP contribution in [-0.2, 0) is 14.8 Å². The summed E-state index contributed by atoms with van der Waals surface area (Å²) in [5.41, 5.74) is 7.68. The quantitative estimate of drug-likeness (QED) is 0.344. The number of nitrogens with two attached hydrogens (primary N) is 2. The van der Waals surface area contributed by atoms with Crippen molar-refractivity contribution in [1.82, 2.24) is 19.9 Å². The number of aromatic nitrogens is 4. The normalized spacial score (nSPS) is 24.2. The van der Waals surface area contributed by atoms with Crippen molar-refractivity contribution in [3.63, 3.8) is 0 Å². The van der Waals surface area contributed by atoms with Gasteiger partial charge in [0.25, 0.3) is 0 Å². The topological polar surface area (TPSA) is 182 Å². The number of hydrogen-bond acceptors (Lipinski definition) is 8. The highest BCUT2D eigenvalue weighted by molar-refractivity contribution is 7.89. The first kappa shape index (κ1) is 20.4. The summed E-state index contributed by atoms with van der Waals surface area (Å²) in [7, 11) is -3.88. The van der Waals surface area contributed by atoms with Gasteiger partial charge in [-0.2, -0.15) is 9.97 Å². The molecule has 2 bridgehead atoms. The van der Waals surface area contributed by atoms with Gasteiger partial charge in [-0.15, -0.1) is 0 Å². The molecule has 1 amide bonds. The Balaban J connectivity index is 1.49. The molecule has 2 aromatic heterocycles. The van der Waals surface area contributed by atoms with Crippen LogP contribution >= 0.6 is 0 Å². The second-order valence-corrected chi connectivity index (χ2v) is 9.72. The van der Waals surface area contributed by atoms with Crippen molar-refractivity contribution in [2.75, 3.05) is 10.6 Å². The fourth-order valence-electron chi connectivity index (χ4n) is 4.67. The fourth-order valence-corrected chi connectivity index (χ4v) is 5.48. The number of allylic oxidation sites excluding steroid dienone is 1. The third-order valence-electron chi connectivity index (χ3n) is 6.13. The van der Waals surface area contributed by atoms with Crippen molar-refractivity contribution in [3.05, 3.63) is 42.2 Å². The van der Waals surface area contributed by atoms with E-state index in [-0.39, 0.29) is 40.5 Å². The van der Waals surface area contributed by atoms with Crippen LogP contribution in [0.2, 0.25) is 0 Å². The maximum Gasteiger partial charge on any atom is 0.238 e. The Morgan fingerprint density at radius 3 is 2.75 bits per heavy atom. The summed E-state index contributed by atoms with van der Waals surface area (Å²) >= 11 is 0. The van der Waals surface area contributed by atoms with Crippen LogP contribution in [0.1, 0.15) is 12.0 Å². The number of rotatable bonds is 6. The van der Waals surface area contributed by atoms with E-state index >= 15 is 0 Å². The summed E-state index contributed by atoms with van der Waals surface area (Å²) in [6.45, 7) is 1.66. The van der Waals surface area contributed by atoms with Crippen molar-refractivity contribution in [2.45, 2.75) is 24.3 Å². The zero-order chi connectivity index (χ0) is 22.6. The highest BCUT2D eigenvalue weighted by Crippen LogP contribution is 2.45. The van der Waals surface area contributed by atoms with Gasteiger partial charge in [-0.1, -0.05) is 18.2 Å². The van der Waals surface area contributed by atoms with Crippen LogP contribution in [0.25, 0.3) is 11.2 Å². The van der Waals surface area contributed by atoms with Crippen molar-refractivity contribution in [2.24, 2.45) is 28.6 Å². The number of hydrogen-bond donors (Lipinski definition) is 5. The molecule has 11 nitrogen and oxygen atoms in total. The molecule has 1 saturated carbocycles. The Hall–Kier alpha value is -3.51. The Morgan fingerprint density at radius 2 is 2.00 bits per heavy atom. The van der Waals surface area contributed by atoms with Crippen LogP contribution in [-0.4, -0.2) is 40.3 Å².